The first-order valence-electron chi connectivity index (χ1n) is 9.09. The highest BCUT2D eigenvalue weighted by molar-refractivity contribution is 6.33. The van der Waals surface area contributed by atoms with Crippen LogP contribution >= 0.6 is 11.6 Å². The second-order valence-corrected chi connectivity index (χ2v) is 7.04. The van der Waals surface area contributed by atoms with Gasteiger partial charge in [-0.05, 0) is 37.1 Å². The number of carbonyl (C=O) groups excluding carboxylic acids is 2. The Bertz CT molecular complexity index is 841. The van der Waals surface area contributed by atoms with Crippen molar-refractivity contribution in [1.29, 1.82) is 0 Å². The average molecular weight is 403 g/mol. The maximum absolute atomic E-state index is 12.8. The van der Waals surface area contributed by atoms with Gasteiger partial charge in [0.05, 0.1) is 24.9 Å². The van der Waals surface area contributed by atoms with Crippen LogP contribution < -0.4 is 14.8 Å². The Labute approximate surface area is 169 Å². The number of benzene rings is 2. The number of likely N-dealkylation sites (tertiary alicyclic amines) is 1. The van der Waals surface area contributed by atoms with Gasteiger partial charge in [0.15, 0.2) is 0 Å². The summed E-state index contributed by atoms with van der Waals surface area (Å²) >= 11 is 6.10. The first-order valence-corrected chi connectivity index (χ1v) is 9.47. The van der Waals surface area contributed by atoms with Crippen molar-refractivity contribution < 1.29 is 19.1 Å². The molecule has 2 amide bonds. The Kier molecular flexibility index (Phi) is 6.41. The van der Waals surface area contributed by atoms with Crippen molar-refractivity contribution in [3.8, 4) is 11.5 Å². The molecule has 1 heterocycles. The van der Waals surface area contributed by atoms with Crippen LogP contribution in [0.2, 0.25) is 5.02 Å². The van der Waals surface area contributed by atoms with Crippen LogP contribution in [0.15, 0.2) is 42.5 Å². The number of nitrogens with one attached hydrogen (secondary N) is 1. The predicted octanol–water partition coefficient (Wildman–Crippen LogP) is 3.85. The van der Waals surface area contributed by atoms with Crippen molar-refractivity contribution in [3.63, 3.8) is 0 Å². The molecule has 3 rings (SSSR count). The SMILES string of the molecule is COc1cc(OC)cc(C(=O)N2CCC(C(=O)Nc3ccccc3Cl)CC2)c1. The van der Waals surface area contributed by atoms with Crippen LogP contribution in [0.25, 0.3) is 0 Å². The summed E-state index contributed by atoms with van der Waals surface area (Å²) in [6, 6.07) is 12.3. The molecule has 0 aliphatic carbocycles. The number of hydrogen-bond donors (Lipinski definition) is 1. The number of para-hydroxylation sites is 1. The lowest BCUT2D eigenvalue weighted by Crippen LogP contribution is -2.41. The summed E-state index contributed by atoms with van der Waals surface area (Å²) in [7, 11) is 3.10. The highest BCUT2D eigenvalue weighted by Gasteiger charge is 2.28. The minimum absolute atomic E-state index is 0.0664. The van der Waals surface area contributed by atoms with Crippen LogP contribution in [-0.2, 0) is 4.79 Å². The molecule has 1 aliphatic rings. The van der Waals surface area contributed by atoms with E-state index in [-0.39, 0.29) is 17.7 Å². The van der Waals surface area contributed by atoms with E-state index in [1.165, 1.54) is 0 Å². The number of ether oxygens (including phenoxy) is 2. The van der Waals surface area contributed by atoms with Gasteiger partial charge < -0.3 is 19.7 Å². The summed E-state index contributed by atoms with van der Waals surface area (Å²) in [5.41, 5.74) is 1.12. The Hall–Kier alpha value is -2.73. The first-order chi connectivity index (χ1) is 13.5. The predicted molar refractivity (Wildman–Crippen MR) is 108 cm³/mol. The summed E-state index contributed by atoms with van der Waals surface area (Å²) in [6.45, 7) is 1.03. The Morgan fingerprint density at radius 2 is 1.64 bits per heavy atom. The lowest BCUT2D eigenvalue weighted by molar-refractivity contribution is -0.121. The molecular formula is C21H23ClN2O4. The number of piperidine rings is 1. The molecule has 1 aliphatic heterocycles. The molecule has 1 saturated heterocycles. The zero-order valence-corrected chi connectivity index (χ0v) is 16.7. The molecule has 28 heavy (non-hydrogen) atoms. The van der Waals surface area contributed by atoms with E-state index in [1.807, 2.05) is 12.1 Å². The molecular weight excluding hydrogens is 380 g/mol. The van der Waals surface area contributed by atoms with Crippen LogP contribution in [0.5, 0.6) is 11.5 Å². The van der Waals surface area contributed by atoms with Crippen LogP contribution in [0.4, 0.5) is 5.69 Å². The van der Waals surface area contributed by atoms with Crippen LogP contribution in [0.3, 0.4) is 0 Å². The number of carbonyl (C=O) groups is 2. The minimum atomic E-state index is -0.153. The van der Waals surface area contributed by atoms with E-state index >= 15 is 0 Å². The number of hydrogen-bond acceptors (Lipinski definition) is 4. The number of anilines is 1. The summed E-state index contributed by atoms with van der Waals surface area (Å²) < 4.78 is 10.5. The van der Waals surface area contributed by atoms with Crippen LogP contribution in [0.1, 0.15) is 23.2 Å². The lowest BCUT2D eigenvalue weighted by atomic mass is 9.95. The molecule has 2 aromatic rings. The van der Waals surface area contributed by atoms with Gasteiger partial charge in [-0.25, -0.2) is 0 Å². The molecule has 1 N–H and O–H groups in total. The minimum Gasteiger partial charge on any atom is -0.497 e. The normalized spacial score (nSPS) is 14.5. The van der Waals surface area contributed by atoms with Crippen molar-refractivity contribution in [3.05, 3.63) is 53.1 Å². The molecule has 6 nitrogen and oxygen atoms in total. The zero-order chi connectivity index (χ0) is 20.1. The van der Waals surface area contributed by atoms with E-state index in [9.17, 15) is 9.59 Å². The molecule has 7 heteroatoms. The van der Waals surface area contributed by atoms with E-state index in [4.69, 9.17) is 21.1 Å². The highest BCUT2D eigenvalue weighted by Crippen LogP contribution is 2.27. The topological polar surface area (TPSA) is 67.9 Å². The van der Waals surface area contributed by atoms with Gasteiger partial charge in [0, 0.05) is 30.6 Å². The maximum Gasteiger partial charge on any atom is 0.254 e. The second kappa shape index (κ2) is 8.97. The van der Waals surface area contributed by atoms with E-state index in [1.54, 1.807) is 49.5 Å². The fraction of sp³-hybridized carbons (Fsp3) is 0.333. The number of nitrogens with zero attached hydrogens (tertiary/aromatic N) is 1. The molecule has 0 aromatic heterocycles. The number of amides is 2. The van der Waals surface area contributed by atoms with Gasteiger partial charge in [-0.15, -0.1) is 0 Å². The van der Waals surface area contributed by atoms with Gasteiger partial charge in [-0.1, -0.05) is 23.7 Å². The van der Waals surface area contributed by atoms with Crippen molar-refractivity contribution in [2.45, 2.75) is 12.8 Å². The van der Waals surface area contributed by atoms with Gasteiger partial charge in [0.2, 0.25) is 5.91 Å². The monoisotopic (exact) mass is 402 g/mol. The third-order valence-corrected chi connectivity index (χ3v) is 5.21. The molecule has 0 bridgehead atoms. The molecule has 148 valence electrons. The molecule has 0 spiro atoms. The van der Waals surface area contributed by atoms with Gasteiger partial charge in [-0.2, -0.15) is 0 Å². The Balaban J connectivity index is 1.61. The molecule has 0 saturated carbocycles. The summed E-state index contributed by atoms with van der Waals surface area (Å²) in [4.78, 5) is 27.1. The number of methoxy groups -OCH3 is 2. The van der Waals surface area contributed by atoms with E-state index in [0.29, 0.717) is 53.7 Å². The van der Waals surface area contributed by atoms with Crippen molar-refractivity contribution in [2.24, 2.45) is 5.92 Å². The summed E-state index contributed by atoms with van der Waals surface area (Å²) in [5.74, 6) is 0.819. The van der Waals surface area contributed by atoms with Crippen molar-refractivity contribution in [1.82, 2.24) is 4.90 Å². The smallest absolute Gasteiger partial charge is 0.254 e. The fourth-order valence-electron chi connectivity index (χ4n) is 3.26. The third kappa shape index (κ3) is 4.57. The van der Waals surface area contributed by atoms with Gasteiger partial charge in [0.1, 0.15) is 11.5 Å². The molecule has 0 unspecified atom stereocenters. The zero-order valence-electron chi connectivity index (χ0n) is 15.9. The molecule has 0 radical (unpaired) electrons. The van der Waals surface area contributed by atoms with E-state index in [0.717, 1.165) is 0 Å². The highest BCUT2D eigenvalue weighted by atomic mass is 35.5. The summed E-state index contributed by atoms with van der Waals surface area (Å²) in [5, 5.41) is 3.39. The van der Waals surface area contributed by atoms with E-state index < -0.39 is 0 Å². The van der Waals surface area contributed by atoms with Crippen molar-refractivity contribution >= 4 is 29.1 Å². The molecule has 2 aromatic carbocycles. The average Bonchev–Trinajstić information content (AvgIpc) is 2.74. The number of halogens is 1. The lowest BCUT2D eigenvalue weighted by Gasteiger charge is -2.31. The first kappa shape index (κ1) is 20.0. The van der Waals surface area contributed by atoms with Crippen molar-refractivity contribution in [2.75, 3.05) is 32.6 Å². The maximum atomic E-state index is 12.8. The van der Waals surface area contributed by atoms with Crippen LogP contribution in [-0.4, -0.2) is 44.0 Å². The Morgan fingerprint density at radius 1 is 1.04 bits per heavy atom. The molecule has 1 fully saturated rings. The standard InChI is InChI=1S/C21H23ClN2O4/c1-27-16-11-15(12-17(13-16)28-2)21(26)24-9-7-14(8-10-24)20(25)23-19-6-4-3-5-18(19)22/h3-6,11-14H,7-10H2,1-2H3,(H,23,25). The van der Waals surface area contributed by atoms with Gasteiger partial charge in [-0.3, -0.25) is 9.59 Å². The van der Waals surface area contributed by atoms with E-state index in [2.05, 4.69) is 5.32 Å². The number of rotatable bonds is 5. The van der Waals surface area contributed by atoms with Gasteiger partial charge in [0.25, 0.3) is 5.91 Å². The van der Waals surface area contributed by atoms with Gasteiger partial charge >= 0.3 is 0 Å². The Morgan fingerprint density at radius 3 is 2.21 bits per heavy atom. The molecule has 0 atom stereocenters. The second-order valence-electron chi connectivity index (χ2n) is 6.64. The largest absolute Gasteiger partial charge is 0.497 e. The fourth-order valence-corrected chi connectivity index (χ4v) is 3.44. The third-order valence-electron chi connectivity index (χ3n) is 4.88. The van der Waals surface area contributed by atoms with Crippen LogP contribution in [0, 0.1) is 5.92 Å². The quantitative estimate of drug-likeness (QED) is 0.824. The summed E-state index contributed by atoms with van der Waals surface area (Å²) in [6.07, 6.45) is 1.20.